The van der Waals surface area contributed by atoms with Crippen molar-refractivity contribution in [2.75, 3.05) is 11.1 Å². The van der Waals surface area contributed by atoms with Crippen molar-refractivity contribution in [3.8, 4) is 0 Å². The third-order valence-electron chi connectivity index (χ3n) is 2.58. The number of halogens is 2. The minimum Gasteiger partial charge on any atom is -0.423 e. The predicted molar refractivity (Wildman–Crippen MR) is 73.1 cm³/mol. The summed E-state index contributed by atoms with van der Waals surface area (Å²) in [5.41, 5.74) is 8.03. The third kappa shape index (κ3) is 2.32. The largest absolute Gasteiger partial charge is 0.423 e. The van der Waals surface area contributed by atoms with Crippen molar-refractivity contribution in [2.24, 2.45) is 0 Å². The summed E-state index contributed by atoms with van der Waals surface area (Å²) in [4.78, 5) is 4.22. The molecule has 0 saturated carbocycles. The molecule has 0 aliphatic heterocycles. The summed E-state index contributed by atoms with van der Waals surface area (Å²) < 4.78 is 18.4. The number of rotatable bonds is 2. The maximum absolute atomic E-state index is 12.9. The SMILES string of the molecule is Nc1ccc2oc(Nc3ccc(F)cc3Cl)nc2c1. The molecule has 3 aromatic rings. The summed E-state index contributed by atoms with van der Waals surface area (Å²) in [5, 5.41) is 3.14. The molecule has 0 bridgehead atoms. The summed E-state index contributed by atoms with van der Waals surface area (Å²) in [6.07, 6.45) is 0. The molecular weight excluding hydrogens is 269 g/mol. The lowest BCUT2D eigenvalue weighted by atomic mass is 10.3. The highest BCUT2D eigenvalue weighted by Gasteiger charge is 2.08. The van der Waals surface area contributed by atoms with E-state index in [1.165, 1.54) is 18.2 Å². The van der Waals surface area contributed by atoms with Gasteiger partial charge in [0.1, 0.15) is 11.3 Å². The second kappa shape index (κ2) is 4.44. The Morgan fingerprint density at radius 2 is 2.05 bits per heavy atom. The zero-order valence-corrected chi connectivity index (χ0v) is 10.4. The van der Waals surface area contributed by atoms with Gasteiger partial charge in [0.25, 0.3) is 6.01 Å². The van der Waals surface area contributed by atoms with Gasteiger partial charge in [0.2, 0.25) is 0 Å². The zero-order chi connectivity index (χ0) is 13.4. The Balaban J connectivity index is 1.96. The van der Waals surface area contributed by atoms with E-state index in [4.69, 9.17) is 21.8 Å². The fourth-order valence-electron chi connectivity index (χ4n) is 1.70. The summed E-state index contributed by atoms with van der Waals surface area (Å²) in [7, 11) is 0. The van der Waals surface area contributed by atoms with Crippen molar-refractivity contribution >= 4 is 40.1 Å². The molecule has 0 atom stereocenters. The molecular formula is C13H9ClFN3O. The molecule has 2 aromatic carbocycles. The second-order valence-corrected chi connectivity index (χ2v) is 4.40. The molecule has 1 aromatic heterocycles. The van der Waals surface area contributed by atoms with Crippen LogP contribution in [0.4, 0.5) is 21.8 Å². The first kappa shape index (κ1) is 11.8. The maximum atomic E-state index is 12.9. The molecule has 19 heavy (non-hydrogen) atoms. The van der Waals surface area contributed by atoms with Crippen molar-refractivity contribution in [1.82, 2.24) is 4.98 Å². The fraction of sp³-hybridized carbons (Fsp3) is 0. The lowest BCUT2D eigenvalue weighted by Gasteiger charge is -2.03. The molecule has 0 radical (unpaired) electrons. The Morgan fingerprint density at radius 3 is 2.84 bits per heavy atom. The van der Waals surface area contributed by atoms with E-state index in [2.05, 4.69) is 10.3 Å². The quantitative estimate of drug-likeness (QED) is 0.696. The van der Waals surface area contributed by atoms with E-state index in [-0.39, 0.29) is 11.0 Å². The molecule has 0 saturated heterocycles. The Bertz CT molecular complexity index is 757. The number of nitrogens with zero attached hydrogens (tertiary/aromatic N) is 1. The highest BCUT2D eigenvalue weighted by molar-refractivity contribution is 6.33. The number of hydrogen-bond donors (Lipinski definition) is 2. The van der Waals surface area contributed by atoms with Crippen LogP contribution in [0, 0.1) is 5.82 Å². The Morgan fingerprint density at radius 1 is 1.21 bits per heavy atom. The topological polar surface area (TPSA) is 64.1 Å². The predicted octanol–water partition coefficient (Wildman–Crippen LogP) is 3.95. The van der Waals surface area contributed by atoms with Crippen LogP contribution in [0.3, 0.4) is 0 Å². The molecule has 1 heterocycles. The van der Waals surface area contributed by atoms with Crippen LogP contribution < -0.4 is 11.1 Å². The van der Waals surface area contributed by atoms with E-state index in [0.717, 1.165) is 0 Å². The highest BCUT2D eigenvalue weighted by atomic mass is 35.5. The van der Waals surface area contributed by atoms with Gasteiger partial charge in [-0.2, -0.15) is 4.98 Å². The van der Waals surface area contributed by atoms with Gasteiger partial charge in [-0.05, 0) is 36.4 Å². The van der Waals surface area contributed by atoms with Gasteiger partial charge in [0.15, 0.2) is 5.58 Å². The first-order valence-electron chi connectivity index (χ1n) is 5.50. The van der Waals surface area contributed by atoms with E-state index < -0.39 is 5.82 Å². The first-order valence-corrected chi connectivity index (χ1v) is 5.88. The van der Waals surface area contributed by atoms with Gasteiger partial charge in [-0.1, -0.05) is 11.6 Å². The van der Waals surface area contributed by atoms with Gasteiger partial charge in [-0.3, -0.25) is 0 Å². The Labute approximate surface area is 113 Å². The number of anilines is 3. The van der Waals surface area contributed by atoms with Crippen LogP contribution in [0.15, 0.2) is 40.8 Å². The third-order valence-corrected chi connectivity index (χ3v) is 2.90. The van der Waals surface area contributed by atoms with Gasteiger partial charge < -0.3 is 15.5 Å². The van der Waals surface area contributed by atoms with Gasteiger partial charge in [-0.15, -0.1) is 0 Å². The maximum Gasteiger partial charge on any atom is 0.300 e. The number of hydrogen-bond acceptors (Lipinski definition) is 4. The van der Waals surface area contributed by atoms with Crippen LogP contribution in [0.2, 0.25) is 5.02 Å². The average molecular weight is 278 g/mol. The molecule has 6 heteroatoms. The van der Waals surface area contributed by atoms with Crippen molar-refractivity contribution in [3.63, 3.8) is 0 Å². The van der Waals surface area contributed by atoms with Crippen molar-refractivity contribution < 1.29 is 8.81 Å². The smallest absolute Gasteiger partial charge is 0.300 e. The molecule has 0 aliphatic carbocycles. The van der Waals surface area contributed by atoms with Crippen LogP contribution in [0.1, 0.15) is 0 Å². The molecule has 3 rings (SSSR count). The number of nitrogen functional groups attached to an aromatic ring is 1. The van der Waals surface area contributed by atoms with Crippen LogP contribution in [0.25, 0.3) is 11.1 Å². The second-order valence-electron chi connectivity index (χ2n) is 4.00. The molecule has 0 spiro atoms. The number of fused-ring (bicyclic) bond motifs is 1. The van der Waals surface area contributed by atoms with E-state index in [9.17, 15) is 4.39 Å². The lowest BCUT2D eigenvalue weighted by Crippen LogP contribution is -1.91. The number of aromatic nitrogens is 1. The lowest BCUT2D eigenvalue weighted by molar-refractivity contribution is 0.621. The summed E-state index contributed by atoms with van der Waals surface area (Å²) in [6, 6.07) is 9.46. The zero-order valence-electron chi connectivity index (χ0n) is 9.65. The number of nitrogens with two attached hydrogens (primary N) is 1. The standard InChI is InChI=1S/C13H9ClFN3O/c14-9-5-7(15)1-3-10(9)17-13-18-11-6-8(16)2-4-12(11)19-13/h1-6H,16H2,(H,17,18). The highest BCUT2D eigenvalue weighted by Crippen LogP contribution is 2.28. The van der Waals surface area contributed by atoms with Crippen molar-refractivity contribution in [3.05, 3.63) is 47.2 Å². The molecule has 0 amide bonds. The number of oxazole rings is 1. The van der Waals surface area contributed by atoms with Crippen LogP contribution in [0.5, 0.6) is 0 Å². The van der Waals surface area contributed by atoms with Crippen LogP contribution >= 0.6 is 11.6 Å². The van der Waals surface area contributed by atoms with E-state index in [1.807, 2.05) is 0 Å². The number of benzene rings is 2. The summed E-state index contributed by atoms with van der Waals surface area (Å²) >= 11 is 5.91. The average Bonchev–Trinajstić information content (AvgIpc) is 2.74. The number of nitrogens with one attached hydrogen (secondary N) is 1. The minimum atomic E-state index is -0.402. The van der Waals surface area contributed by atoms with Gasteiger partial charge in [0, 0.05) is 5.69 Å². The van der Waals surface area contributed by atoms with Gasteiger partial charge in [0.05, 0.1) is 10.7 Å². The molecule has 0 aliphatic rings. The van der Waals surface area contributed by atoms with Crippen LogP contribution in [-0.2, 0) is 0 Å². The summed E-state index contributed by atoms with van der Waals surface area (Å²) in [5.74, 6) is -0.402. The monoisotopic (exact) mass is 277 g/mol. The molecule has 4 nitrogen and oxygen atoms in total. The molecule has 96 valence electrons. The normalized spacial score (nSPS) is 10.8. The molecule has 0 unspecified atom stereocenters. The van der Waals surface area contributed by atoms with E-state index >= 15 is 0 Å². The Hall–Kier alpha value is -2.27. The van der Waals surface area contributed by atoms with E-state index in [1.54, 1.807) is 18.2 Å². The van der Waals surface area contributed by atoms with E-state index in [0.29, 0.717) is 22.5 Å². The molecule has 0 fully saturated rings. The van der Waals surface area contributed by atoms with Crippen molar-refractivity contribution in [1.29, 1.82) is 0 Å². The minimum absolute atomic E-state index is 0.252. The van der Waals surface area contributed by atoms with Gasteiger partial charge >= 0.3 is 0 Å². The van der Waals surface area contributed by atoms with Gasteiger partial charge in [-0.25, -0.2) is 4.39 Å². The van der Waals surface area contributed by atoms with Crippen molar-refractivity contribution in [2.45, 2.75) is 0 Å². The first-order chi connectivity index (χ1) is 9.11. The molecule has 3 N–H and O–H groups in total. The Kier molecular flexibility index (Phi) is 2.76. The fourth-order valence-corrected chi connectivity index (χ4v) is 1.92. The summed E-state index contributed by atoms with van der Waals surface area (Å²) in [6.45, 7) is 0. The van der Waals surface area contributed by atoms with Crippen LogP contribution in [-0.4, -0.2) is 4.98 Å².